The first-order valence-corrected chi connectivity index (χ1v) is 5.88. The summed E-state index contributed by atoms with van der Waals surface area (Å²) < 4.78 is 1.99. The third kappa shape index (κ3) is 2.64. The van der Waals surface area contributed by atoms with E-state index in [0.717, 1.165) is 24.6 Å². The van der Waals surface area contributed by atoms with E-state index in [1.807, 2.05) is 28.5 Å². The van der Waals surface area contributed by atoms with Crippen molar-refractivity contribution < 1.29 is 0 Å². The molecule has 2 aromatic rings. The molecule has 5 heteroatoms. The van der Waals surface area contributed by atoms with Crippen LogP contribution in [0.3, 0.4) is 0 Å². The first-order chi connectivity index (χ1) is 7.40. The number of nitrogens with zero attached hydrogens (tertiary/aromatic N) is 3. The lowest BCUT2D eigenvalue weighted by Gasteiger charge is -2.05. The highest BCUT2D eigenvalue weighted by Gasteiger charge is 2.03. The van der Waals surface area contributed by atoms with Crippen molar-refractivity contribution in [3.8, 4) is 0 Å². The largest absolute Gasteiger partial charge is 0.311 e. The van der Waals surface area contributed by atoms with Gasteiger partial charge in [-0.05, 0) is 12.6 Å². The molecule has 0 unspecified atom stereocenters. The zero-order chi connectivity index (χ0) is 10.5. The van der Waals surface area contributed by atoms with Crippen LogP contribution in [0.15, 0.2) is 23.8 Å². The molecule has 1 N–H and O–H groups in total. The maximum absolute atomic E-state index is 4.29. The van der Waals surface area contributed by atoms with Crippen molar-refractivity contribution in [3.05, 3.63) is 34.5 Å². The monoisotopic (exact) mass is 222 g/mol. The molecule has 0 amide bonds. The standard InChI is InChI=1S/C10H14N4S/c1-2-11-7-9-3-4-13-14(9)8-10-12-5-6-15-10/h3-6,11H,2,7-8H2,1H3. The van der Waals surface area contributed by atoms with E-state index < -0.39 is 0 Å². The van der Waals surface area contributed by atoms with Gasteiger partial charge in [-0.3, -0.25) is 4.68 Å². The van der Waals surface area contributed by atoms with Gasteiger partial charge < -0.3 is 5.32 Å². The molecule has 0 radical (unpaired) electrons. The molecule has 2 rings (SSSR count). The summed E-state index contributed by atoms with van der Waals surface area (Å²) in [6, 6.07) is 2.04. The van der Waals surface area contributed by atoms with Crippen molar-refractivity contribution in [2.24, 2.45) is 0 Å². The lowest BCUT2D eigenvalue weighted by molar-refractivity contribution is 0.604. The summed E-state index contributed by atoms with van der Waals surface area (Å²) in [6.45, 7) is 4.71. The smallest absolute Gasteiger partial charge is 0.114 e. The van der Waals surface area contributed by atoms with Crippen LogP contribution in [-0.2, 0) is 13.1 Å². The minimum atomic E-state index is 0.769. The molecule has 2 aromatic heterocycles. The Morgan fingerprint density at radius 2 is 2.40 bits per heavy atom. The number of thiazole rings is 1. The Morgan fingerprint density at radius 3 is 3.13 bits per heavy atom. The van der Waals surface area contributed by atoms with E-state index in [1.165, 1.54) is 5.69 Å². The highest BCUT2D eigenvalue weighted by molar-refractivity contribution is 7.09. The molecular formula is C10H14N4S. The Bertz CT molecular complexity index is 393. The molecule has 2 heterocycles. The third-order valence-electron chi connectivity index (χ3n) is 2.13. The highest BCUT2D eigenvalue weighted by Crippen LogP contribution is 2.08. The van der Waals surface area contributed by atoms with Gasteiger partial charge in [0.25, 0.3) is 0 Å². The SMILES string of the molecule is CCNCc1ccnn1Cc1nccs1. The number of rotatable bonds is 5. The third-order valence-corrected chi connectivity index (χ3v) is 2.89. The molecule has 4 nitrogen and oxygen atoms in total. The topological polar surface area (TPSA) is 42.7 Å². The van der Waals surface area contributed by atoms with E-state index in [9.17, 15) is 0 Å². The number of nitrogens with one attached hydrogen (secondary N) is 1. The first-order valence-electron chi connectivity index (χ1n) is 5.00. The van der Waals surface area contributed by atoms with Crippen LogP contribution in [0.4, 0.5) is 0 Å². The summed E-state index contributed by atoms with van der Waals surface area (Å²) in [4.78, 5) is 4.25. The van der Waals surface area contributed by atoms with Gasteiger partial charge in [-0.25, -0.2) is 4.98 Å². The van der Waals surface area contributed by atoms with Crippen molar-refractivity contribution in [1.29, 1.82) is 0 Å². The first kappa shape index (κ1) is 10.3. The van der Waals surface area contributed by atoms with Gasteiger partial charge in [0, 0.05) is 24.3 Å². The van der Waals surface area contributed by atoms with Gasteiger partial charge in [0.15, 0.2) is 0 Å². The summed E-state index contributed by atoms with van der Waals surface area (Å²) in [5, 5.41) is 10.7. The predicted octanol–water partition coefficient (Wildman–Crippen LogP) is 1.50. The van der Waals surface area contributed by atoms with Crippen LogP contribution in [0.5, 0.6) is 0 Å². The van der Waals surface area contributed by atoms with Gasteiger partial charge in [0.2, 0.25) is 0 Å². The van der Waals surface area contributed by atoms with E-state index in [1.54, 1.807) is 11.3 Å². The Kier molecular flexibility index (Phi) is 3.47. The molecule has 0 aliphatic rings. The summed E-state index contributed by atoms with van der Waals surface area (Å²) in [5.74, 6) is 0. The maximum atomic E-state index is 4.29. The summed E-state index contributed by atoms with van der Waals surface area (Å²) in [7, 11) is 0. The van der Waals surface area contributed by atoms with Crippen LogP contribution in [0.2, 0.25) is 0 Å². The zero-order valence-corrected chi connectivity index (χ0v) is 9.50. The van der Waals surface area contributed by atoms with Crippen LogP contribution in [0, 0.1) is 0 Å². The van der Waals surface area contributed by atoms with Crippen LogP contribution < -0.4 is 5.32 Å². The second-order valence-electron chi connectivity index (χ2n) is 3.19. The molecule has 0 spiro atoms. The van der Waals surface area contributed by atoms with Crippen molar-refractivity contribution in [2.45, 2.75) is 20.0 Å². The van der Waals surface area contributed by atoms with Crippen molar-refractivity contribution in [1.82, 2.24) is 20.1 Å². The summed E-state index contributed by atoms with van der Waals surface area (Å²) in [6.07, 6.45) is 3.66. The average Bonchev–Trinajstić information content (AvgIpc) is 2.87. The number of aromatic nitrogens is 3. The minimum Gasteiger partial charge on any atom is -0.311 e. The lowest BCUT2D eigenvalue weighted by Crippen LogP contribution is -2.16. The van der Waals surface area contributed by atoms with E-state index >= 15 is 0 Å². The number of hydrogen-bond acceptors (Lipinski definition) is 4. The van der Waals surface area contributed by atoms with E-state index in [0.29, 0.717) is 0 Å². The molecule has 0 atom stereocenters. The van der Waals surface area contributed by atoms with E-state index in [-0.39, 0.29) is 0 Å². The van der Waals surface area contributed by atoms with Crippen molar-refractivity contribution >= 4 is 11.3 Å². The molecule has 0 fully saturated rings. The Hall–Kier alpha value is -1.20. The lowest BCUT2D eigenvalue weighted by atomic mass is 10.4. The second-order valence-corrected chi connectivity index (χ2v) is 4.17. The fourth-order valence-electron chi connectivity index (χ4n) is 1.36. The van der Waals surface area contributed by atoms with E-state index in [4.69, 9.17) is 0 Å². The van der Waals surface area contributed by atoms with Crippen molar-refractivity contribution in [2.75, 3.05) is 6.54 Å². The fraction of sp³-hybridized carbons (Fsp3) is 0.400. The van der Waals surface area contributed by atoms with Gasteiger partial charge in [-0.1, -0.05) is 6.92 Å². The molecule has 0 aliphatic carbocycles. The normalized spacial score (nSPS) is 10.7. The van der Waals surface area contributed by atoms with Gasteiger partial charge in [-0.2, -0.15) is 5.10 Å². The summed E-state index contributed by atoms with van der Waals surface area (Å²) >= 11 is 1.66. The van der Waals surface area contributed by atoms with Crippen LogP contribution >= 0.6 is 11.3 Å². The minimum absolute atomic E-state index is 0.769. The van der Waals surface area contributed by atoms with Gasteiger partial charge in [-0.15, -0.1) is 11.3 Å². The zero-order valence-electron chi connectivity index (χ0n) is 8.68. The molecule has 0 saturated heterocycles. The molecule has 80 valence electrons. The Balaban J connectivity index is 2.04. The van der Waals surface area contributed by atoms with Gasteiger partial charge in [0.1, 0.15) is 5.01 Å². The Morgan fingerprint density at radius 1 is 1.47 bits per heavy atom. The predicted molar refractivity (Wildman–Crippen MR) is 60.8 cm³/mol. The molecular weight excluding hydrogens is 208 g/mol. The van der Waals surface area contributed by atoms with Crippen molar-refractivity contribution in [3.63, 3.8) is 0 Å². The molecule has 0 aliphatic heterocycles. The fourth-order valence-corrected chi connectivity index (χ4v) is 1.96. The van der Waals surface area contributed by atoms with Crippen LogP contribution in [0.25, 0.3) is 0 Å². The van der Waals surface area contributed by atoms with Crippen LogP contribution in [0.1, 0.15) is 17.6 Å². The second kappa shape index (κ2) is 5.04. The van der Waals surface area contributed by atoms with Gasteiger partial charge in [0.05, 0.1) is 12.2 Å². The summed E-state index contributed by atoms with van der Waals surface area (Å²) in [5.41, 5.74) is 1.20. The quantitative estimate of drug-likeness (QED) is 0.833. The number of hydrogen-bond donors (Lipinski definition) is 1. The molecule has 0 saturated carbocycles. The molecule has 0 aromatic carbocycles. The van der Waals surface area contributed by atoms with Crippen LogP contribution in [-0.4, -0.2) is 21.3 Å². The molecule has 0 bridgehead atoms. The van der Waals surface area contributed by atoms with Gasteiger partial charge >= 0.3 is 0 Å². The Labute approximate surface area is 93.0 Å². The molecule has 15 heavy (non-hydrogen) atoms. The average molecular weight is 222 g/mol. The highest BCUT2D eigenvalue weighted by atomic mass is 32.1. The maximum Gasteiger partial charge on any atom is 0.114 e. The van der Waals surface area contributed by atoms with E-state index in [2.05, 4.69) is 22.3 Å².